The van der Waals surface area contributed by atoms with Crippen LogP contribution in [0.3, 0.4) is 0 Å². The van der Waals surface area contributed by atoms with Crippen LogP contribution >= 0.6 is 0 Å². The van der Waals surface area contributed by atoms with Crippen LogP contribution in [0.5, 0.6) is 0 Å². The highest BCUT2D eigenvalue weighted by atomic mass is 14.2. The zero-order valence-electron chi connectivity index (χ0n) is 21.4. The number of aryl methyl sites for hydroxylation is 2. The molecule has 0 heteroatoms. The predicted octanol–water partition coefficient (Wildman–Crippen LogP) is 9.65. The van der Waals surface area contributed by atoms with E-state index in [1.165, 1.54) is 50.1 Å². The zero-order valence-corrected chi connectivity index (χ0v) is 21.4. The summed E-state index contributed by atoms with van der Waals surface area (Å²) in [4.78, 5) is 0. The van der Waals surface area contributed by atoms with Gasteiger partial charge < -0.3 is 0 Å². The summed E-state index contributed by atoms with van der Waals surface area (Å²) in [6, 6.07) is 17.4. The van der Waals surface area contributed by atoms with Crippen LogP contribution in [-0.2, 0) is 0 Å². The van der Waals surface area contributed by atoms with Crippen molar-refractivity contribution in [1.82, 2.24) is 0 Å². The fourth-order valence-corrected chi connectivity index (χ4v) is 3.72. The van der Waals surface area contributed by atoms with Crippen molar-refractivity contribution >= 4 is 5.57 Å². The minimum atomic E-state index is 1.08. The predicted molar refractivity (Wildman–Crippen MR) is 148 cm³/mol. The van der Waals surface area contributed by atoms with Crippen molar-refractivity contribution in [2.24, 2.45) is 0 Å². The van der Waals surface area contributed by atoms with Crippen molar-refractivity contribution in [3.05, 3.63) is 148 Å². The highest BCUT2D eigenvalue weighted by Gasteiger charge is 2.17. The third-order valence-electron chi connectivity index (χ3n) is 5.70. The minimum Gasteiger partial charge on any atom is -0.0985 e. The van der Waals surface area contributed by atoms with Crippen LogP contribution in [0.25, 0.3) is 5.57 Å². The monoisotopic (exact) mass is 434 g/mol. The molecule has 0 atom stereocenters. The molecule has 0 aliphatic heterocycles. The van der Waals surface area contributed by atoms with Gasteiger partial charge in [0.05, 0.1) is 0 Å². The Morgan fingerprint density at radius 3 is 2.09 bits per heavy atom. The molecular formula is C33H38. The first kappa shape index (κ1) is 25.9. The van der Waals surface area contributed by atoms with E-state index in [0.717, 1.165) is 5.57 Å². The molecule has 0 fully saturated rings. The second-order valence-corrected chi connectivity index (χ2v) is 8.60. The normalized spacial score (nSPS) is 13.7. The summed E-state index contributed by atoms with van der Waals surface area (Å²) < 4.78 is 0. The number of rotatable bonds is 8. The van der Waals surface area contributed by atoms with E-state index in [1.54, 1.807) is 0 Å². The van der Waals surface area contributed by atoms with Gasteiger partial charge in [0.2, 0.25) is 0 Å². The van der Waals surface area contributed by atoms with Gasteiger partial charge in [-0.25, -0.2) is 0 Å². The maximum atomic E-state index is 4.00. The Kier molecular flexibility index (Phi) is 9.88. The molecule has 0 aliphatic carbocycles. The van der Waals surface area contributed by atoms with E-state index in [0.29, 0.717) is 0 Å². The minimum absolute atomic E-state index is 1.08. The number of hydrogen-bond acceptors (Lipinski definition) is 0. The molecular weight excluding hydrogens is 396 g/mol. The fraction of sp³-hybridized carbons (Fsp3) is 0.212. The molecule has 0 aromatic heterocycles. The number of hydrogen-bond donors (Lipinski definition) is 0. The standard InChI is InChI=1S/C33H38/c1-9-26(7)32(29(11-3)22-21-28(10-2)20-17-24(4)5)33(30-15-13-12-14-16-30)31-23-25(6)18-19-27(31)8/h9-23H,2H2,1,3-8H3/b22-21+,26-9?,28-20+,29-11?,33-32+. The van der Waals surface area contributed by atoms with E-state index in [-0.39, 0.29) is 0 Å². The average Bonchev–Trinajstić information content (AvgIpc) is 2.82. The smallest absolute Gasteiger partial charge is 0.00276 e. The van der Waals surface area contributed by atoms with E-state index in [1.807, 2.05) is 6.08 Å². The summed E-state index contributed by atoms with van der Waals surface area (Å²) in [7, 11) is 0. The van der Waals surface area contributed by atoms with Crippen LogP contribution < -0.4 is 0 Å². The van der Waals surface area contributed by atoms with E-state index < -0.39 is 0 Å². The lowest BCUT2D eigenvalue weighted by Gasteiger charge is -2.21. The molecule has 0 spiro atoms. The van der Waals surface area contributed by atoms with Gasteiger partial charge in [-0.1, -0.05) is 109 Å². The van der Waals surface area contributed by atoms with Crippen molar-refractivity contribution in [1.29, 1.82) is 0 Å². The lowest BCUT2D eigenvalue weighted by Crippen LogP contribution is -2.01. The second-order valence-electron chi connectivity index (χ2n) is 8.60. The first-order valence-electron chi connectivity index (χ1n) is 11.6. The summed E-state index contributed by atoms with van der Waals surface area (Å²) >= 11 is 0. The first-order chi connectivity index (χ1) is 15.8. The van der Waals surface area contributed by atoms with Crippen molar-refractivity contribution in [3.63, 3.8) is 0 Å². The van der Waals surface area contributed by atoms with E-state index in [9.17, 15) is 0 Å². The van der Waals surface area contributed by atoms with Crippen molar-refractivity contribution in [2.45, 2.75) is 48.5 Å². The molecule has 2 rings (SSSR count). The Hall–Kier alpha value is -3.38. The van der Waals surface area contributed by atoms with Crippen LogP contribution in [0, 0.1) is 13.8 Å². The van der Waals surface area contributed by atoms with Gasteiger partial charge in [-0.2, -0.15) is 0 Å². The van der Waals surface area contributed by atoms with Crippen LogP contribution in [0.1, 0.15) is 56.9 Å². The Morgan fingerprint density at radius 1 is 0.818 bits per heavy atom. The topological polar surface area (TPSA) is 0 Å². The molecule has 0 radical (unpaired) electrons. The van der Waals surface area contributed by atoms with Crippen molar-refractivity contribution in [3.8, 4) is 0 Å². The molecule has 0 bridgehead atoms. The van der Waals surface area contributed by atoms with Crippen LogP contribution in [0.4, 0.5) is 0 Å². The van der Waals surface area contributed by atoms with Gasteiger partial charge in [0, 0.05) is 0 Å². The van der Waals surface area contributed by atoms with Gasteiger partial charge in [-0.15, -0.1) is 0 Å². The summed E-state index contributed by atoms with van der Waals surface area (Å²) in [6.07, 6.45) is 14.9. The molecule has 0 heterocycles. The fourth-order valence-electron chi connectivity index (χ4n) is 3.72. The molecule has 0 aliphatic rings. The molecule has 0 nitrogen and oxygen atoms in total. The maximum Gasteiger partial charge on any atom is -0.00276 e. The third-order valence-corrected chi connectivity index (χ3v) is 5.70. The van der Waals surface area contributed by atoms with Gasteiger partial charge >= 0.3 is 0 Å². The highest BCUT2D eigenvalue weighted by Crippen LogP contribution is 2.37. The zero-order chi connectivity index (χ0) is 24.4. The van der Waals surface area contributed by atoms with Crippen LogP contribution in [0.15, 0.2) is 126 Å². The molecule has 2 aromatic rings. The molecule has 0 amide bonds. The molecule has 170 valence electrons. The third kappa shape index (κ3) is 7.05. The number of allylic oxidation sites excluding steroid dienone is 12. The summed E-state index contributed by atoms with van der Waals surface area (Å²) in [5.41, 5.74) is 12.3. The van der Waals surface area contributed by atoms with Gasteiger partial charge in [0.1, 0.15) is 0 Å². The van der Waals surface area contributed by atoms with Crippen molar-refractivity contribution < 1.29 is 0 Å². The quantitative estimate of drug-likeness (QED) is 0.363. The average molecular weight is 435 g/mol. The Morgan fingerprint density at radius 2 is 1.52 bits per heavy atom. The Bertz CT molecular complexity index is 1150. The largest absolute Gasteiger partial charge is 0.0985 e. The Balaban J connectivity index is 2.87. The molecule has 2 aromatic carbocycles. The number of benzene rings is 2. The highest BCUT2D eigenvalue weighted by molar-refractivity contribution is 5.89. The second kappa shape index (κ2) is 12.6. The summed E-state index contributed by atoms with van der Waals surface area (Å²) in [5.74, 6) is 0. The van der Waals surface area contributed by atoms with Crippen LogP contribution in [-0.4, -0.2) is 0 Å². The van der Waals surface area contributed by atoms with Crippen LogP contribution in [0.2, 0.25) is 0 Å². The Labute approximate surface area is 201 Å². The summed E-state index contributed by atoms with van der Waals surface area (Å²) in [5, 5.41) is 0. The van der Waals surface area contributed by atoms with Gasteiger partial charge in [-0.05, 0) is 93.0 Å². The van der Waals surface area contributed by atoms with Gasteiger partial charge in [0.15, 0.2) is 0 Å². The lowest BCUT2D eigenvalue weighted by molar-refractivity contribution is 1.30. The first-order valence-corrected chi connectivity index (χ1v) is 11.6. The van der Waals surface area contributed by atoms with E-state index >= 15 is 0 Å². The lowest BCUT2D eigenvalue weighted by atomic mass is 9.83. The molecule has 0 saturated carbocycles. The van der Waals surface area contributed by atoms with Crippen molar-refractivity contribution in [2.75, 3.05) is 0 Å². The molecule has 0 unspecified atom stereocenters. The molecule has 33 heavy (non-hydrogen) atoms. The van der Waals surface area contributed by atoms with Gasteiger partial charge in [-0.3, -0.25) is 0 Å². The molecule has 0 saturated heterocycles. The SMILES string of the molecule is C=CC(/C=C/C(=CC)/C(C(C)=CC)=C(\c1ccccc1)c1cc(C)ccc1C)=C\C=C(C)C. The summed E-state index contributed by atoms with van der Waals surface area (Å²) in [6.45, 7) is 19.0. The van der Waals surface area contributed by atoms with E-state index in [4.69, 9.17) is 0 Å². The molecule has 0 N–H and O–H groups in total. The maximum absolute atomic E-state index is 4.00. The van der Waals surface area contributed by atoms with E-state index in [2.05, 4.69) is 140 Å². The van der Waals surface area contributed by atoms with Gasteiger partial charge in [0.25, 0.3) is 0 Å².